The summed E-state index contributed by atoms with van der Waals surface area (Å²) >= 11 is 0.820. The highest BCUT2D eigenvalue weighted by molar-refractivity contribution is 7.11. The van der Waals surface area contributed by atoms with Crippen molar-refractivity contribution in [3.63, 3.8) is 0 Å². The highest BCUT2D eigenvalue weighted by Gasteiger charge is 2.19. The molecule has 0 atom stereocenters. The molecule has 0 aliphatic heterocycles. The third kappa shape index (κ3) is 1.51. The van der Waals surface area contributed by atoms with Crippen LogP contribution < -0.4 is 5.73 Å². The minimum absolute atomic E-state index is 0.167. The first kappa shape index (κ1) is 8.06. The number of halogens is 2. The van der Waals surface area contributed by atoms with Gasteiger partial charge in [-0.2, -0.15) is 0 Å². The van der Waals surface area contributed by atoms with E-state index in [1.165, 1.54) is 5.51 Å². The van der Waals surface area contributed by atoms with Crippen molar-refractivity contribution >= 4 is 17.2 Å². The fourth-order valence-electron chi connectivity index (χ4n) is 0.595. The molecule has 1 rings (SSSR count). The van der Waals surface area contributed by atoms with E-state index in [1.54, 1.807) is 0 Å². The van der Waals surface area contributed by atoms with Gasteiger partial charge in [-0.3, -0.25) is 4.79 Å². The zero-order chi connectivity index (χ0) is 8.43. The molecule has 0 aliphatic rings. The second kappa shape index (κ2) is 2.91. The zero-order valence-corrected chi connectivity index (χ0v) is 6.07. The van der Waals surface area contributed by atoms with Gasteiger partial charge in [0.1, 0.15) is 10.6 Å². The lowest BCUT2D eigenvalue weighted by Crippen LogP contribution is -2.11. The number of thiazole rings is 1. The molecule has 0 fully saturated rings. The Bertz CT molecular complexity index is 273. The normalized spacial score (nSPS) is 10.5. The minimum atomic E-state index is -2.73. The van der Waals surface area contributed by atoms with Gasteiger partial charge in [0, 0.05) is 0 Å². The smallest absolute Gasteiger partial charge is 0.281 e. The molecule has 11 heavy (non-hydrogen) atoms. The number of carbonyl (C=O) groups is 1. The maximum Gasteiger partial charge on any atom is 0.281 e. The molecule has 0 saturated heterocycles. The highest BCUT2D eigenvalue weighted by Crippen LogP contribution is 2.23. The molecule has 6 heteroatoms. The molecule has 3 nitrogen and oxygen atoms in total. The SMILES string of the molecule is NC(=O)c1scnc1C(F)F. The van der Waals surface area contributed by atoms with Crippen LogP contribution in [0.25, 0.3) is 0 Å². The fourth-order valence-corrected chi connectivity index (χ4v) is 1.24. The largest absolute Gasteiger partial charge is 0.365 e. The summed E-state index contributed by atoms with van der Waals surface area (Å²) in [5.74, 6) is -0.859. The van der Waals surface area contributed by atoms with Crippen molar-refractivity contribution in [3.05, 3.63) is 16.1 Å². The van der Waals surface area contributed by atoms with Crippen molar-refractivity contribution in [2.45, 2.75) is 6.43 Å². The van der Waals surface area contributed by atoms with Gasteiger partial charge in [0.25, 0.3) is 12.3 Å². The summed E-state index contributed by atoms with van der Waals surface area (Å²) in [6, 6.07) is 0. The third-order valence-electron chi connectivity index (χ3n) is 1.03. The molecule has 2 N–H and O–H groups in total. The molecular formula is C5H4F2N2OS. The fraction of sp³-hybridized carbons (Fsp3) is 0.200. The van der Waals surface area contributed by atoms with Crippen LogP contribution in [0.2, 0.25) is 0 Å². The number of alkyl halides is 2. The van der Waals surface area contributed by atoms with E-state index in [9.17, 15) is 13.6 Å². The lowest BCUT2D eigenvalue weighted by atomic mass is 10.3. The van der Waals surface area contributed by atoms with Crippen molar-refractivity contribution in [3.8, 4) is 0 Å². The minimum Gasteiger partial charge on any atom is -0.365 e. The van der Waals surface area contributed by atoms with Crippen LogP contribution in [-0.4, -0.2) is 10.9 Å². The van der Waals surface area contributed by atoms with Gasteiger partial charge >= 0.3 is 0 Å². The van der Waals surface area contributed by atoms with Crippen molar-refractivity contribution in [1.82, 2.24) is 4.98 Å². The molecule has 0 aromatic carbocycles. The van der Waals surface area contributed by atoms with Gasteiger partial charge < -0.3 is 5.73 Å². The Morgan fingerprint density at radius 1 is 1.73 bits per heavy atom. The lowest BCUT2D eigenvalue weighted by molar-refractivity contribution is 0.0989. The Kier molecular flexibility index (Phi) is 2.13. The van der Waals surface area contributed by atoms with E-state index in [2.05, 4.69) is 4.98 Å². The summed E-state index contributed by atoms with van der Waals surface area (Å²) in [4.78, 5) is 13.6. The van der Waals surface area contributed by atoms with Gasteiger partial charge in [-0.1, -0.05) is 0 Å². The van der Waals surface area contributed by atoms with Crippen LogP contribution in [0.15, 0.2) is 5.51 Å². The first-order valence-corrected chi connectivity index (χ1v) is 3.52. The maximum atomic E-state index is 12.0. The number of hydrogen-bond acceptors (Lipinski definition) is 3. The van der Waals surface area contributed by atoms with Crippen LogP contribution in [0.3, 0.4) is 0 Å². The number of rotatable bonds is 2. The Morgan fingerprint density at radius 2 is 2.36 bits per heavy atom. The molecule has 0 aliphatic carbocycles. The zero-order valence-electron chi connectivity index (χ0n) is 5.25. The van der Waals surface area contributed by atoms with E-state index in [-0.39, 0.29) is 4.88 Å². The van der Waals surface area contributed by atoms with Crippen LogP contribution in [0.1, 0.15) is 21.8 Å². The van der Waals surface area contributed by atoms with Crippen molar-refractivity contribution < 1.29 is 13.6 Å². The summed E-state index contributed by atoms with van der Waals surface area (Å²) < 4.78 is 23.9. The van der Waals surface area contributed by atoms with Gasteiger partial charge in [0.2, 0.25) is 0 Å². The number of aromatic nitrogens is 1. The molecule has 1 aromatic rings. The Morgan fingerprint density at radius 3 is 2.73 bits per heavy atom. The third-order valence-corrected chi connectivity index (χ3v) is 1.88. The number of nitrogens with two attached hydrogens (primary N) is 1. The highest BCUT2D eigenvalue weighted by atomic mass is 32.1. The van der Waals surface area contributed by atoms with Crippen LogP contribution >= 0.6 is 11.3 Å². The molecular weight excluding hydrogens is 174 g/mol. The van der Waals surface area contributed by atoms with Crippen LogP contribution in [0.5, 0.6) is 0 Å². The molecule has 0 spiro atoms. The van der Waals surface area contributed by atoms with Crippen molar-refractivity contribution in [2.75, 3.05) is 0 Å². The molecule has 0 unspecified atom stereocenters. The predicted octanol–water partition coefficient (Wildman–Crippen LogP) is 1.18. The number of primary amides is 1. The van der Waals surface area contributed by atoms with Gasteiger partial charge in [0.05, 0.1) is 5.51 Å². The molecule has 1 heterocycles. The molecule has 1 aromatic heterocycles. The van der Waals surface area contributed by atoms with Crippen LogP contribution in [0, 0.1) is 0 Å². The Labute approximate surface area is 64.9 Å². The summed E-state index contributed by atoms with van der Waals surface area (Å²) in [5.41, 5.74) is 5.44. The second-order valence-electron chi connectivity index (χ2n) is 1.73. The van der Waals surface area contributed by atoms with Crippen LogP contribution in [0.4, 0.5) is 8.78 Å². The standard InChI is InChI=1S/C5H4F2N2OS/c6-4(7)2-3(5(8)10)11-1-9-2/h1,4H,(H2,8,10). The monoisotopic (exact) mass is 178 g/mol. The molecule has 60 valence electrons. The van der Waals surface area contributed by atoms with Gasteiger partial charge in [-0.25, -0.2) is 13.8 Å². The van der Waals surface area contributed by atoms with Gasteiger partial charge in [-0.05, 0) is 0 Å². The van der Waals surface area contributed by atoms with E-state index in [4.69, 9.17) is 5.73 Å². The van der Waals surface area contributed by atoms with E-state index in [0.29, 0.717) is 0 Å². The van der Waals surface area contributed by atoms with Crippen LogP contribution in [-0.2, 0) is 0 Å². The average Bonchev–Trinajstić information content (AvgIpc) is 2.32. The Hall–Kier alpha value is -1.04. The first-order valence-electron chi connectivity index (χ1n) is 2.64. The number of nitrogens with zero attached hydrogens (tertiary/aromatic N) is 1. The summed E-state index contributed by atoms with van der Waals surface area (Å²) in [5, 5.41) is 0. The van der Waals surface area contributed by atoms with E-state index in [0.717, 1.165) is 11.3 Å². The average molecular weight is 178 g/mol. The lowest BCUT2D eigenvalue weighted by Gasteiger charge is -1.94. The second-order valence-corrected chi connectivity index (χ2v) is 2.59. The van der Waals surface area contributed by atoms with Gasteiger partial charge in [0.15, 0.2) is 0 Å². The van der Waals surface area contributed by atoms with E-state index < -0.39 is 18.0 Å². The molecule has 0 saturated carbocycles. The van der Waals surface area contributed by atoms with Crippen molar-refractivity contribution in [1.29, 1.82) is 0 Å². The number of carbonyl (C=O) groups excluding carboxylic acids is 1. The van der Waals surface area contributed by atoms with E-state index in [1.807, 2.05) is 0 Å². The summed E-state index contributed by atoms with van der Waals surface area (Å²) in [6.45, 7) is 0. The van der Waals surface area contributed by atoms with Crippen molar-refractivity contribution in [2.24, 2.45) is 5.73 Å². The summed E-state index contributed by atoms with van der Waals surface area (Å²) in [7, 11) is 0. The number of hydrogen-bond donors (Lipinski definition) is 1. The maximum absolute atomic E-state index is 12.0. The molecule has 1 amide bonds. The van der Waals surface area contributed by atoms with Gasteiger partial charge in [-0.15, -0.1) is 11.3 Å². The predicted molar refractivity (Wildman–Crippen MR) is 35.6 cm³/mol. The topological polar surface area (TPSA) is 56.0 Å². The Balaban J connectivity index is 3.06. The molecule has 0 bridgehead atoms. The quantitative estimate of drug-likeness (QED) is 0.739. The first-order chi connectivity index (χ1) is 5.13. The van der Waals surface area contributed by atoms with E-state index >= 15 is 0 Å². The number of amides is 1. The summed E-state index contributed by atoms with van der Waals surface area (Å²) in [6.07, 6.45) is -2.73. The molecule has 0 radical (unpaired) electrons.